The molecule has 0 unspecified atom stereocenters. The van der Waals surface area contributed by atoms with Crippen molar-refractivity contribution < 1.29 is 8.42 Å². The molecule has 8 nitrogen and oxygen atoms in total. The number of para-hydroxylation sites is 1. The molecule has 3 aromatic carbocycles. The summed E-state index contributed by atoms with van der Waals surface area (Å²) in [5.74, 6) is 2.43. The van der Waals surface area contributed by atoms with Crippen LogP contribution in [0.1, 0.15) is 44.1 Å². The third-order valence-electron chi connectivity index (χ3n) is 8.98. The Bertz CT molecular complexity index is 1620. The predicted octanol–water partition coefficient (Wildman–Crippen LogP) is 6.67. The van der Waals surface area contributed by atoms with Crippen LogP contribution < -0.4 is 15.4 Å². The zero-order valence-corrected chi connectivity index (χ0v) is 27.4. The second-order valence-electron chi connectivity index (χ2n) is 12.2. The van der Waals surface area contributed by atoms with E-state index in [9.17, 15) is 8.42 Å². The highest BCUT2D eigenvalue weighted by atomic mass is 79.9. The number of likely N-dealkylation sites (tertiary alicyclic amines) is 1. The number of halogens is 1. The highest BCUT2D eigenvalue weighted by Crippen LogP contribution is 2.30. The summed E-state index contributed by atoms with van der Waals surface area (Å²) in [5.41, 5.74) is 2.31. The zero-order chi connectivity index (χ0) is 30.4. The average Bonchev–Trinajstić information content (AvgIpc) is 3.05. The Kier molecular flexibility index (Phi) is 10.1. The molecule has 2 heterocycles. The Morgan fingerprint density at radius 1 is 0.773 bits per heavy atom. The lowest BCUT2D eigenvalue weighted by Gasteiger charge is -2.33. The van der Waals surface area contributed by atoms with Crippen LogP contribution >= 0.6 is 15.9 Å². The standard InChI is InChI=1S/C34H41BrN6O2S/c35-28-14-16-30(17-15-28)44(42,43)37-23-26-12-10-25(11-13-26)22-36-34-39-32-9-5-4-8-31(32)33(40-34)38-29-18-20-41(21-19-29)24-27-6-2-1-3-7-27/h1-9,14-17,25-26,29,37H,10-13,18-24H2,(H2,36,38,39,40). The Labute approximate surface area is 269 Å². The van der Waals surface area contributed by atoms with E-state index in [4.69, 9.17) is 9.97 Å². The molecule has 0 spiro atoms. The molecule has 1 saturated heterocycles. The summed E-state index contributed by atoms with van der Waals surface area (Å²) in [6, 6.07) is 26.1. The van der Waals surface area contributed by atoms with E-state index >= 15 is 0 Å². The summed E-state index contributed by atoms with van der Waals surface area (Å²) in [6.07, 6.45) is 6.27. The predicted molar refractivity (Wildman–Crippen MR) is 181 cm³/mol. The van der Waals surface area contributed by atoms with Gasteiger partial charge in [-0.3, -0.25) is 4.90 Å². The van der Waals surface area contributed by atoms with Crippen molar-refractivity contribution in [1.29, 1.82) is 0 Å². The minimum absolute atomic E-state index is 0.302. The summed E-state index contributed by atoms with van der Waals surface area (Å²) >= 11 is 3.36. The highest BCUT2D eigenvalue weighted by Gasteiger charge is 2.24. The Morgan fingerprint density at radius 3 is 2.16 bits per heavy atom. The van der Waals surface area contributed by atoms with Crippen LogP contribution in [0.4, 0.5) is 11.8 Å². The van der Waals surface area contributed by atoms with Crippen LogP contribution in [0.15, 0.2) is 88.2 Å². The van der Waals surface area contributed by atoms with E-state index < -0.39 is 10.0 Å². The lowest BCUT2D eigenvalue weighted by Crippen LogP contribution is -2.38. The van der Waals surface area contributed by atoms with Crippen molar-refractivity contribution in [2.45, 2.75) is 56.0 Å². The van der Waals surface area contributed by atoms with E-state index in [1.807, 2.05) is 12.1 Å². The molecule has 0 radical (unpaired) electrons. The van der Waals surface area contributed by atoms with Gasteiger partial charge in [-0.1, -0.05) is 58.4 Å². The molecule has 0 bridgehead atoms. The maximum absolute atomic E-state index is 12.7. The van der Waals surface area contributed by atoms with Gasteiger partial charge in [0.1, 0.15) is 5.82 Å². The van der Waals surface area contributed by atoms with E-state index in [-0.39, 0.29) is 0 Å². The lowest BCUT2D eigenvalue weighted by molar-refractivity contribution is 0.211. The number of fused-ring (bicyclic) bond motifs is 1. The van der Waals surface area contributed by atoms with Gasteiger partial charge in [-0.2, -0.15) is 4.98 Å². The van der Waals surface area contributed by atoms with Crippen LogP contribution in [0.2, 0.25) is 0 Å². The van der Waals surface area contributed by atoms with Crippen LogP contribution in [0, 0.1) is 11.8 Å². The minimum atomic E-state index is -3.49. The fourth-order valence-electron chi connectivity index (χ4n) is 6.34. The maximum Gasteiger partial charge on any atom is 0.240 e. The van der Waals surface area contributed by atoms with Crippen molar-refractivity contribution in [2.24, 2.45) is 11.8 Å². The van der Waals surface area contributed by atoms with Crippen molar-refractivity contribution in [1.82, 2.24) is 19.6 Å². The number of piperidine rings is 1. The van der Waals surface area contributed by atoms with Gasteiger partial charge in [-0.05, 0) is 92.3 Å². The van der Waals surface area contributed by atoms with Gasteiger partial charge >= 0.3 is 0 Å². The van der Waals surface area contributed by atoms with E-state index in [1.165, 1.54) is 5.56 Å². The molecule has 1 aliphatic heterocycles. The van der Waals surface area contributed by atoms with Crippen molar-refractivity contribution in [2.75, 3.05) is 36.8 Å². The van der Waals surface area contributed by atoms with Gasteiger partial charge < -0.3 is 10.6 Å². The molecular weight excluding hydrogens is 636 g/mol. The van der Waals surface area contributed by atoms with Crippen molar-refractivity contribution >= 4 is 48.6 Å². The normalized spacial score (nSPS) is 20.0. The molecule has 6 rings (SSSR count). The Morgan fingerprint density at radius 2 is 1.43 bits per heavy atom. The second-order valence-corrected chi connectivity index (χ2v) is 14.8. The highest BCUT2D eigenvalue weighted by molar-refractivity contribution is 9.10. The number of nitrogens with zero attached hydrogens (tertiary/aromatic N) is 3. The molecule has 2 fully saturated rings. The number of benzene rings is 3. The SMILES string of the molecule is O=S(=O)(NCC1CCC(CNc2nc(NC3CCN(Cc4ccccc4)CC3)c3ccccc3n2)CC1)c1ccc(Br)cc1. The molecule has 2 aliphatic rings. The summed E-state index contributed by atoms with van der Waals surface area (Å²) in [7, 11) is -3.49. The number of anilines is 2. The third-order valence-corrected chi connectivity index (χ3v) is 10.9. The maximum atomic E-state index is 12.7. The summed E-state index contributed by atoms with van der Waals surface area (Å²) in [5, 5.41) is 8.34. The quantitative estimate of drug-likeness (QED) is 0.163. The van der Waals surface area contributed by atoms with Crippen LogP contribution in [0.25, 0.3) is 10.9 Å². The van der Waals surface area contributed by atoms with Gasteiger partial charge in [-0.25, -0.2) is 18.1 Å². The van der Waals surface area contributed by atoms with Crippen LogP contribution in [-0.4, -0.2) is 55.5 Å². The minimum Gasteiger partial charge on any atom is -0.367 e. The third kappa shape index (κ3) is 8.15. The number of hydrogen-bond acceptors (Lipinski definition) is 7. The van der Waals surface area contributed by atoms with Crippen LogP contribution in [0.5, 0.6) is 0 Å². The second kappa shape index (κ2) is 14.4. The number of hydrogen-bond donors (Lipinski definition) is 3. The first-order valence-corrected chi connectivity index (χ1v) is 18.0. The van der Waals surface area contributed by atoms with E-state index in [1.54, 1.807) is 24.3 Å². The van der Waals surface area contributed by atoms with Gasteiger partial charge in [-0.15, -0.1) is 0 Å². The van der Waals surface area contributed by atoms with Gasteiger partial charge in [0.25, 0.3) is 0 Å². The van der Waals surface area contributed by atoms with Crippen molar-refractivity contribution in [3.05, 3.63) is 88.9 Å². The molecule has 10 heteroatoms. The molecule has 44 heavy (non-hydrogen) atoms. The van der Waals surface area contributed by atoms with Crippen LogP contribution in [-0.2, 0) is 16.6 Å². The lowest BCUT2D eigenvalue weighted by atomic mass is 9.82. The molecule has 3 N–H and O–H groups in total. The monoisotopic (exact) mass is 676 g/mol. The molecule has 1 aliphatic carbocycles. The molecule has 1 saturated carbocycles. The van der Waals surface area contributed by atoms with Crippen LogP contribution in [0.3, 0.4) is 0 Å². The fraction of sp³-hybridized carbons (Fsp3) is 0.412. The fourth-order valence-corrected chi connectivity index (χ4v) is 7.72. The summed E-state index contributed by atoms with van der Waals surface area (Å²) in [6.45, 7) is 4.42. The molecule has 232 valence electrons. The Balaban J connectivity index is 0.995. The number of sulfonamides is 1. The first-order chi connectivity index (χ1) is 21.4. The number of aromatic nitrogens is 2. The van der Waals surface area contributed by atoms with E-state index in [0.29, 0.717) is 35.3 Å². The first-order valence-electron chi connectivity index (χ1n) is 15.7. The van der Waals surface area contributed by atoms with Crippen molar-refractivity contribution in [3.8, 4) is 0 Å². The van der Waals surface area contributed by atoms with Gasteiger partial charge in [0.2, 0.25) is 16.0 Å². The van der Waals surface area contributed by atoms with E-state index in [2.05, 4.69) is 78.7 Å². The topological polar surface area (TPSA) is 99.2 Å². The smallest absolute Gasteiger partial charge is 0.240 e. The van der Waals surface area contributed by atoms with Gasteiger partial charge in [0.05, 0.1) is 10.4 Å². The summed E-state index contributed by atoms with van der Waals surface area (Å²) in [4.78, 5) is 12.6. The molecular formula is C34H41BrN6O2S. The van der Waals surface area contributed by atoms with Crippen molar-refractivity contribution in [3.63, 3.8) is 0 Å². The summed E-state index contributed by atoms with van der Waals surface area (Å²) < 4.78 is 29.0. The molecule has 0 amide bonds. The molecule has 4 aromatic rings. The first kappa shape index (κ1) is 31.0. The molecule has 1 aromatic heterocycles. The molecule has 0 atom stereocenters. The Hall–Kier alpha value is -3.05. The largest absolute Gasteiger partial charge is 0.367 e. The van der Waals surface area contributed by atoms with Gasteiger partial charge in [0.15, 0.2) is 0 Å². The average molecular weight is 678 g/mol. The van der Waals surface area contributed by atoms with Gasteiger partial charge in [0, 0.05) is 48.6 Å². The number of rotatable bonds is 11. The number of nitrogens with one attached hydrogen (secondary N) is 3. The zero-order valence-electron chi connectivity index (χ0n) is 25.0. The van der Waals surface area contributed by atoms with E-state index in [0.717, 1.165) is 85.9 Å².